The molecule has 1 N–H and O–H groups in total. The summed E-state index contributed by atoms with van der Waals surface area (Å²) in [6.07, 6.45) is 1.72. The van der Waals surface area contributed by atoms with Crippen molar-refractivity contribution in [2.45, 2.75) is 25.2 Å². The van der Waals surface area contributed by atoms with Gasteiger partial charge >= 0.3 is 5.97 Å². The fourth-order valence-corrected chi connectivity index (χ4v) is 3.77. The van der Waals surface area contributed by atoms with Crippen LogP contribution < -0.4 is 10.1 Å². The van der Waals surface area contributed by atoms with Crippen molar-refractivity contribution in [3.63, 3.8) is 0 Å². The predicted molar refractivity (Wildman–Crippen MR) is 128 cm³/mol. The second-order valence-electron chi connectivity index (χ2n) is 6.66. The molecule has 0 spiro atoms. The number of para-hydroxylation sites is 1. The first kappa shape index (κ1) is 24.3. The molecule has 0 fully saturated rings. The summed E-state index contributed by atoms with van der Waals surface area (Å²) in [6.45, 7) is 6.41. The molecule has 0 saturated carbocycles. The standard InChI is InChI=1S/C23H23ClN4O4S/c1-3-12-28-20(14-32-19-11-6-5-10-18(19)24)26-27-23(28)33-15-21(29)25-17-9-7-8-16(13-17)22(30)31-4-2/h3,5-11,13H,1,4,12,14-15H2,2H3,(H,25,29). The number of thioether (sulfide) groups is 1. The van der Waals surface area contributed by atoms with Gasteiger partial charge in [0, 0.05) is 12.2 Å². The summed E-state index contributed by atoms with van der Waals surface area (Å²) in [7, 11) is 0. The number of ether oxygens (including phenoxy) is 2. The van der Waals surface area contributed by atoms with Crippen molar-refractivity contribution in [3.8, 4) is 5.75 Å². The normalized spacial score (nSPS) is 10.5. The topological polar surface area (TPSA) is 95.3 Å². The van der Waals surface area contributed by atoms with Crippen LogP contribution in [0.25, 0.3) is 0 Å². The van der Waals surface area contributed by atoms with E-state index in [2.05, 4.69) is 22.1 Å². The van der Waals surface area contributed by atoms with Gasteiger partial charge in [0.05, 0.1) is 22.9 Å². The lowest BCUT2D eigenvalue weighted by molar-refractivity contribution is -0.113. The van der Waals surface area contributed by atoms with E-state index in [9.17, 15) is 9.59 Å². The van der Waals surface area contributed by atoms with Crippen molar-refractivity contribution >= 4 is 40.9 Å². The number of allylic oxidation sites excluding steroid dienone is 1. The minimum absolute atomic E-state index is 0.101. The number of rotatable bonds is 11. The highest BCUT2D eigenvalue weighted by Gasteiger charge is 2.15. The Kier molecular flexibility index (Phi) is 8.91. The third-order valence-corrected chi connectivity index (χ3v) is 5.57. The Morgan fingerprint density at radius 2 is 2.03 bits per heavy atom. The van der Waals surface area contributed by atoms with Gasteiger partial charge in [-0.3, -0.25) is 9.36 Å². The molecule has 0 aliphatic rings. The Labute approximate surface area is 200 Å². The molecule has 1 heterocycles. The number of halogens is 1. The molecule has 33 heavy (non-hydrogen) atoms. The molecular formula is C23H23ClN4O4S. The summed E-state index contributed by atoms with van der Waals surface area (Å²) in [4.78, 5) is 24.3. The maximum atomic E-state index is 12.5. The van der Waals surface area contributed by atoms with Gasteiger partial charge in [-0.15, -0.1) is 16.8 Å². The lowest BCUT2D eigenvalue weighted by atomic mass is 10.2. The minimum Gasteiger partial charge on any atom is -0.484 e. The number of carbonyl (C=O) groups is 2. The molecule has 0 aliphatic carbocycles. The summed E-state index contributed by atoms with van der Waals surface area (Å²) in [5, 5.41) is 12.2. The molecule has 0 atom stereocenters. The molecule has 1 amide bonds. The zero-order chi connectivity index (χ0) is 23.6. The Balaban J connectivity index is 1.61. The van der Waals surface area contributed by atoms with Crippen LogP contribution in [0.1, 0.15) is 23.1 Å². The molecule has 1 aromatic heterocycles. The van der Waals surface area contributed by atoms with Crippen LogP contribution in [0.15, 0.2) is 66.3 Å². The maximum absolute atomic E-state index is 12.5. The van der Waals surface area contributed by atoms with Crippen LogP contribution in [-0.2, 0) is 22.7 Å². The smallest absolute Gasteiger partial charge is 0.338 e. The first-order valence-corrected chi connectivity index (χ1v) is 11.5. The Morgan fingerprint density at radius 1 is 1.21 bits per heavy atom. The number of benzene rings is 2. The van der Waals surface area contributed by atoms with Crippen molar-refractivity contribution in [2.75, 3.05) is 17.7 Å². The maximum Gasteiger partial charge on any atom is 0.338 e. The minimum atomic E-state index is -0.438. The van der Waals surface area contributed by atoms with Crippen molar-refractivity contribution in [1.29, 1.82) is 0 Å². The van der Waals surface area contributed by atoms with Crippen LogP contribution in [0.2, 0.25) is 5.02 Å². The van der Waals surface area contributed by atoms with E-state index in [4.69, 9.17) is 21.1 Å². The summed E-state index contributed by atoms with van der Waals surface area (Å²) >= 11 is 7.37. The first-order chi connectivity index (χ1) is 16.0. The first-order valence-electron chi connectivity index (χ1n) is 10.1. The monoisotopic (exact) mass is 486 g/mol. The molecule has 3 aromatic rings. The van der Waals surface area contributed by atoms with Gasteiger partial charge in [-0.05, 0) is 37.3 Å². The number of nitrogens with zero attached hydrogens (tertiary/aromatic N) is 3. The predicted octanol–water partition coefficient (Wildman–Crippen LogP) is 4.60. The molecule has 0 aliphatic heterocycles. The Morgan fingerprint density at radius 3 is 2.79 bits per heavy atom. The Bertz CT molecular complexity index is 1140. The number of amides is 1. The van der Waals surface area contributed by atoms with Gasteiger partial charge in [-0.25, -0.2) is 4.79 Å². The van der Waals surface area contributed by atoms with Crippen molar-refractivity contribution in [2.24, 2.45) is 0 Å². The zero-order valence-electron chi connectivity index (χ0n) is 18.0. The Hall–Kier alpha value is -3.30. The number of esters is 1. The third kappa shape index (κ3) is 6.84. The number of carbonyl (C=O) groups excluding carboxylic acids is 2. The summed E-state index contributed by atoms with van der Waals surface area (Å²) in [6, 6.07) is 13.8. The highest BCUT2D eigenvalue weighted by Crippen LogP contribution is 2.25. The van der Waals surface area contributed by atoms with E-state index in [1.165, 1.54) is 11.8 Å². The quantitative estimate of drug-likeness (QED) is 0.240. The van der Waals surface area contributed by atoms with Gasteiger partial charge in [-0.2, -0.15) is 0 Å². The molecule has 0 unspecified atom stereocenters. The van der Waals surface area contributed by atoms with E-state index < -0.39 is 5.97 Å². The van der Waals surface area contributed by atoms with E-state index in [1.807, 2.05) is 16.7 Å². The number of hydrogen-bond donors (Lipinski definition) is 1. The molecule has 3 rings (SSSR count). The fourth-order valence-electron chi connectivity index (χ4n) is 2.81. The van der Waals surface area contributed by atoms with E-state index in [0.29, 0.717) is 39.5 Å². The van der Waals surface area contributed by atoms with E-state index in [-0.39, 0.29) is 24.9 Å². The lowest BCUT2D eigenvalue weighted by Gasteiger charge is -2.10. The second-order valence-corrected chi connectivity index (χ2v) is 8.01. The summed E-state index contributed by atoms with van der Waals surface area (Å²) in [5.41, 5.74) is 0.878. The van der Waals surface area contributed by atoms with E-state index in [0.717, 1.165) is 0 Å². The number of nitrogens with one attached hydrogen (secondary N) is 1. The molecule has 8 nitrogen and oxygen atoms in total. The average molecular weight is 487 g/mol. The van der Waals surface area contributed by atoms with Gasteiger partial charge in [0.2, 0.25) is 5.91 Å². The van der Waals surface area contributed by atoms with Crippen molar-refractivity contribution < 1.29 is 19.1 Å². The van der Waals surface area contributed by atoms with Gasteiger partial charge < -0.3 is 14.8 Å². The highest BCUT2D eigenvalue weighted by molar-refractivity contribution is 7.99. The van der Waals surface area contributed by atoms with Gasteiger partial charge in [-0.1, -0.05) is 47.6 Å². The fraction of sp³-hybridized carbons (Fsp3) is 0.217. The van der Waals surface area contributed by atoms with Crippen LogP contribution in [0, 0.1) is 0 Å². The molecule has 0 saturated heterocycles. The van der Waals surface area contributed by atoms with Gasteiger partial charge in [0.15, 0.2) is 11.0 Å². The van der Waals surface area contributed by atoms with Crippen LogP contribution in [-0.4, -0.2) is 39.0 Å². The van der Waals surface area contributed by atoms with Crippen molar-refractivity contribution in [1.82, 2.24) is 14.8 Å². The zero-order valence-corrected chi connectivity index (χ0v) is 19.6. The SMILES string of the molecule is C=CCn1c(COc2ccccc2Cl)nnc1SCC(=O)Nc1cccc(C(=O)OCC)c1. The van der Waals surface area contributed by atoms with Crippen LogP contribution >= 0.6 is 23.4 Å². The number of hydrogen-bond acceptors (Lipinski definition) is 7. The summed E-state index contributed by atoms with van der Waals surface area (Å²) < 4.78 is 12.6. The third-order valence-electron chi connectivity index (χ3n) is 4.29. The molecular weight excluding hydrogens is 464 g/mol. The van der Waals surface area contributed by atoms with Crippen LogP contribution in [0.5, 0.6) is 5.75 Å². The average Bonchev–Trinajstić information content (AvgIpc) is 3.19. The van der Waals surface area contributed by atoms with Crippen molar-refractivity contribution in [3.05, 3.63) is 77.6 Å². The largest absolute Gasteiger partial charge is 0.484 e. The second kappa shape index (κ2) is 12.1. The molecule has 172 valence electrons. The van der Waals surface area contributed by atoms with Gasteiger partial charge in [0.25, 0.3) is 0 Å². The molecule has 10 heteroatoms. The summed E-state index contributed by atoms with van der Waals surface area (Å²) in [5.74, 6) is 0.547. The number of aromatic nitrogens is 3. The highest BCUT2D eigenvalue weighted by atomic mass is 35.5. The van der Waals surface area contributed by atoms with Gasteiger partial charge in [0.1, 0.15) is 12.4 Å². The lowest BCUT2D eigenvalue weighted by Crippen LogP contribution is -2.15. The van der Waals surface area contributed by atoms with Crippen LogP contribution in [0.3, 0.4) is 0 Å². The van der Waals surface area contributed by atoms with E-state index >= 15 is 0 Å². The van der Waals surface area contributed by atoms with E-state index in [1.54, 1.807) is 49.4 Å². The number of anilines is 1. The van der Waals surface area contributed by atoms with Crippen LogP contribution in [0.4, 0.5) is 5.69 Å². The molecule has 2 aromatic carbocycles. The molecule has 0 bridgehead atoms. The molecule has 0 radical (unpaired) electrons.